The molecule has 5 aromatic rings. The number of aromatic nitrogens is 1. The number of fused-ring (bicyclic) bond motifs is 2. The second-order valence-electron chi connectivity index (χ2n) is 14.6. The zero-order valence-electron chi connectivity index (χ0n) is 29.5. The van der Waals surface area contributed by atoms with E-state index in [1.165, 1.54) is 15.5 Å². The van der Waals surface area contributed by atoms with Crippen LogP contribution in [-0.4, -0.2) is 50.2 Å². The lowest BCUT2D eigenvalue weighted by Gasteiger charge is -2.54. The van der Waals surface area contributed by atoms with Gasteiger partial charge in [0.15, 0.2) is 17.8 Å². The Morgan fingerprint density at radius 3 is 2.32 bits per heavy atom. The van der Waals surface area contributed by atoms with Crippen LogP contribution in [0.2, 0.25) is 10.0 Å². The van der Waals surface area contributed by atoms with Crippen molar-refractivity contribution < 1.29 is 29.3 Å². The van der Waals surface area contributed by atoms with Gasteiger partial charge in [-0.3, -0.25) is 28.8 Å². The summed E-state index contributed by atoms with van der Waals surface area (Å²) in [6, 6.07) is 27.3. The minimum atomic E-state index is -1.57. The Morgan fingerprint density at radius 2 is 1.66 bits per heavy atom. The number of piperidine rings is 1. The molecule has 2 saturated carbocycles. The van der Waals surface area contributed by atoms with E-state index in [2.05, 4.69) is 5.32 Å². The topological polar surface area (TPSA) is 124 Å². The number of para-hydroxylation sites is 1. The standard InChI is InChI=1S/C41H38Cl2N4O6/c1-22(2)28-16-13-24(17-30(28)43)20-44-36(50)37(45(21-48)31-12-8-7-11-29(31)42)47-39(52)40-34(27-15-14-25-9-5-6-10-26(25)18-27)35(40)41(40,47)46-33(49)19-32(38(46)51)53-23(3)4/h5-19,21-23,34-35,37,49,51H,20H2,1-4H3,(H,44,50)/t34?,35-,37+,40-,41+/m1/s1. The third-order valence-corrected chi connectivity index (χ3v) is 11.6. The highest BCUT2D eigenvalue weighted by atomic mass is 35.5. The molecule has 1 unspecified atom stereocenters. The average Bonchev–Trinajstić information content (AvgIpc) is 3.95. The van der Waals surface area contributed by atoms with Crippen LogP contribution >= 0.6 is 23.2 Å². The number of hydrogen-bond donors (Lipinski definition) is 3. The Balaban J connectivity index is 1.23. The van der Waals surface area contributed by atoms with E-state index < -0.39 is 40.9 Å². The Bertz CT molecular complexity index is 2330. The summed E-state index contributed by atoms with van der Waals surface area (Å²) in [6.07, 6.45) is -1.45. The van der Waals surface area contributed by atoms with Gasteiger partial charge in [-0.2, -0.15) is 0 Å². The molecule has 1 saturated heterocycles. The largest absolute Gasteiger partial charge is 0.494 e. The first-order valence-corrected chi connectivity index (χ1v) is 18.3. The molecule has 3 N–H and O–H groups in total. The first-order valence-electron chi connectivity index (χ1n) is 17.6. The first kappa shape index (κ1) is 34.9. The molecule has 12 heteroatoms. The van der Waals surface area contributed by atoms with E-state index in [9.17, 15) is 24.6 Å². The number of aromatic hydroxyl groups is 2. The average molecular weight is 754 g/mol. The molecule has 1 aromatic heterocycles. The van der Waals surface area contributed by atoms with Gasteiger partial charge in [-0.05, 0) is 65.4 Å². The van der Waals surface area contributed by atoms with Gasteiger partial charge in [0.1, 0.15) is 11.1 Å². The van der Waals surface area contributed by atoms with Crippen molar-refractivity contribution in [3.63, 3.8) is 0 Å². The molecule has 8 rings (SSSR count). The SMILES string of the molecule is CC(C)Oc1cc(O)n([C@]23[C@@H]4C(c5ccc6ccccc6c5)[C@]42C(=O)N3[C@@H](C(=O)NCc2ccc(C(C)C)c(Cl)c2)N(C=O)c2ccccc2Cl)c1O. The second-order valence-corrected chi connectivity index (χ2v) is 15.4. The molecular weight excluding hydrogens is 715 g/mol. The molecular formula is C41H38Cl2N4O6. The Labute approximate surface area is 316 Å². The molecule has 5 atom stereocenters. The van der Waals surface area contributed by atoms with Crippen molar-refractivity contribution in [1.29, 1.82) is 0 Å². The number of nitrogens with zero attached hydrogens (tertiary/aromatic N) is 3. The molecule has 1 aliphatic heterocycles. The summed E-state index contributed by atoms with van der Waals surface area (Å²) in [5.74, 6) is -2.34. The molecule has 3 amide bonds. The van der Waals surface area contributed by atoms with Crippen LogP contribution in [0, 0.1) is 11.3 Å². The predicted octanol–water partition coefficient (Wildman–Crippen LogP) is 7.48. The molecule has 0 bridgehead atoms. The number of likely N-dealkylation sites (tertiary alicyclic amines) is 1. The summed E-state index contributed by atoms with van der Waals surface area (Å²) in [6.45, 7) is 7.68. The molecule has 272 valence electrons. The number of hydrogen-bond acceptors (Lipinski definition) is 6. The third-order valence-electron chi connectivity index (χ3n) is 11.0. The summed E-state index contributed by atoms with van der Waals surface area (Å²) >= 11 is 13.2. The smallest absolute Gasteiger partial charge is 0.264 e. The van der Waals surface area contributed by atoms with Gasteiger partial charge in [-0.15, -0.1) is 0 Å². The van der Waals surface area contributed by atoms with Crippen molar-refractivity contribution >= 4 is 57.9 Å². The monoisotopic (exact) mass is 752 g/mol. The molecule has 4 aromatic carbocycles. The van der Waals surface area contributed by atoms with Crippen LogP contribution in [0.25, 0.3) is 10.8 Å². The third kappa shape index (κ3) is 4.88. The summed E-state index contributed by atoms with van der Waals surface area (Å²) in [5.41, 5.74) is 0.271. The van der Waals surface area contributed by atoms with Crippen LogP contribution in [0.4, 0.5) is 5.69 Å². The van der Waals surface area contributed by atoms with Crippen LogP contribution in [0.15, 0.2) is 91.0 Å². The number of benzene rings is 4. The predicted molar refractivity (Wildman–Crippen MR) is 202 cm³/mol. The van der Waals surface area contributed by atoms with Gasteiger partial charge < -0.3 is 20.3 Å². The lowest BCUT2D eigenvalue weighted by molar-refractivity contribution is -0.178. The maximum absolute atomic E-state index is 14.8. The highest BCUT2D eigenvalue weighted by Crippen LogP contribution is 3.00. The Kier molecular flexibility index (Phi) is 8.19. The lowest BCUT2D eigenvalue weighted by Crippen LogP contribution is -2.73. The van der Waals surface area contributed by atoms with Crippen LogP contribution in [0.5, 0.6) is 17.5 Å². The van der Waals surface area contributed by atoms with Crippen molar-refractivity contribution in [3.05, 3.63) is 118 Å². The zero-order valence-corrected chi connectivity index (χ0v) is 31.0. The highest BCUT2D eigenvalue weighted by molar-refractivity contribution is 6.33. The fourth-order valence-corrected chi connectivity index (χ4v) is 9.41. The maximum Gasteiger partial charge on any atom is 0.264 e. The van der Waals surface area contributed by atoms with E-state index >= 15 is 0 Å². The van der Waals surface area contributed by atoms with Crippen molar-refractivity contribution in [2.24, 2.45) is 11.3 Å². The van der Waals surface area contributed by atoms with E-state index in [0.717, 1.165) is 26.8 Å². The van der Waals surface area contributed by atoms with Crippen molar-refractivity contribution in [3.8, 4) is 17.5 Å². The van der Waals surface area contributed by atoms with Crippen LogP contribution in [0.3, 0.4) is 0 Å². The molecule has 0 radical (unpaired) electrons. The van der Waals surface area contributed by atoms with E-state index in [1.807, 2.05) is 68.4 Å². The summed E-state index contributed by atoms with van der Waals surface area (Å²) in [4.78, 5) is 44.9. The van der Waals surface area contributed by atoms with E-state index in [4.69, 9.17) is 27.9 Å². The minimum absolute atomic E-state index is 0.0240. The van der Waals surface area contributed by atoms with Gasteiger partial charge in [-0.1, -0.05) is 104 Å². The highest BCUT2D eigenvalue weighted by Gasteiger charge is 3.10. The van der Waals surface area contributed by atoms with Gasteiger partial charge in [-0.25, -0.2) is 0 Å². The first-order chi connectivity index (χ1) is 25.4. The van der Waals surface area contributed by atoms with E-state index in [0.29, 0.717) is 17.0 Å². The molecule has 3 aliphatic rings. The van der Waals surface area contributed by atoms with Gasteiger partial charge >= 0.3 is 0 Å². The number of nitrogens with one attached hydrogen (secondary N) is 1. The minimum Gasteiger partial charge on any atom is -0.494 e. The van der Waals surface area contributed by atoms with E-state index in [1.54, 1.807) is 44.2 Å². The van der Waals surface area contributed by atoms with Gasteiger partial charge in [0.05, 0.1) is 16.8 Å². The Morgan fingerprint density at radius 1 is 0.943 bits per heavy atom. The van der Waals surface area contributed by atoms with E-state index in [-0.39, 0.29) is 46.8 Å². The van der Waals surface area contributed by atoms with Gasteiger partial charge in [0, 0.05) is 29.5 Å². The fraction of sp³-hybridized carbons (Fsp3) is 0.293. The summed E-state index contributed by atoms with van der Waals surface area (Å²) in [7, 11) is 0. The van der Waals surface area contributed by atoms with Crippen molar-refractivity contribution in [2.45, 2.75) is 64.0 Å². The maximum atomic E-state index is 14.8. The normalized spacial score (nSPS) is 22.9. The van der Waals surface area contributed by atoms with Crippen molar-refractivity contribution in [2.75, 3.05) is 4.90 Å². The molecule has 2 aliphatic carbocycles. The number of ether oxygens (including phenoxy) is 1. The molecule has 2 heterocycles. The number of halogens is 2. The molecule has 1 spiro atoms. The van der Waals surface area contributed by atoms with Gasteiger partial charge in [0.2, 0.25) is 18.2 Å². The van der Waals surface area contributed by atoms with Crippen molar-refractivity contribution in [1.82, 2.24) is 14.8 Å². The lowest BCUT2D eigenvalue weighted by atomic mass is 9.80. The zero-order chi connectivity index (χ0) is 37.6. The molecule has 10 nitrogen and oxygen atoms in total. The number of rotatable bonds is 12. The number of β-lactam (4-membered cyclic amide) rings is 1. The summed E-state index contributed by atoms with van der Waals surface area (Å²) in [5, 5.41) is 28.8. The number of carbonyl (C=O) groups is 3. The summed E-state index contributed by atoms with van der Waals surface area (Å²) < 4.78 is 7.10. The molecule has 3 fully saturated rings. The van der Waals surface area contributed by atoms with Crippen LogP contribution < -0.4 is 15.0 Å². The second kappa shape index (κ2) is 12.5. The van der Waals surface area contributed by atoms with Crippen LogP contribution in [-0.2, 0) is 26.6 Å². The van der Waals surface area contributed by atoms with Crippen LogP contribution in [0.1, 0.15) is 56.2 Å². The number of amides is 3. The quantitative estimate of drug-likeness (QED) is 0.0897. The number of anilines is 1. The number of carbonyl (C=O) groups excluding carboxylic acids is 3. The van der Waals surface area contributed by atoms with Gasteiger partial charge in [0.25, 0.3) is 5.91 Å². The fourth-order valence-electron chi connectivity index (χ4n) is 8.75. The molecule has 53 heavy (non-hydrogen) atoms. The Hall–Kier alpha value is -5.19.